The molecule has 7 heteroatoms. The monoisotopic (exact) mass is 483 g/mol. The van der Waals surface area contributed by atoms with Crippen LogP contribution in [-0.2, 0) is 11.2 Å². The molecule has 0 radical (unpaired) electrons. The van der Waals surface area contributed by atoms with E-state index in [0.29, 0.717) is 18.8 Å². The first-order chi connectivity index (χ1) is 17.7. The lowest BCUT2D eigenvalue weighted by atomic mass is 9.95. The largest absolute Gasteiger partial charge is 0.354 e. The van der Waals surface area contributed by atoms with Gasteiger partial charge in [-0.05, 0) is 24.8 Å². The minimum absolute atomic E-state index is 0.109. The molecule has 1 fully saturated rings. The summed E-state index contributed by atoms with van der Waals surface area (Å²) in [5.41, 5.74) is 3.35. The smallest absolute Gasteiger partial charge is 0.263 e. The van der Waals surface area contributed by atoms with Gasteiger partial charge in [-0.15, -0.1) is 0 Å². The fraction of sp³-hybridized carbons (Fsp3) is 0.379. The lowest BCUT2D eigenvalue weighted by molar-refractivity contribution is -0.132. The van der Waals surface area contributed by atoms with Crippen molar-refractivity contribution in [3.05, 3.63) is 72.1 Å². The Morgan fingerprint density at radius 1 is 0.944 bits per heavy atom. The second kappa shape index (κ2) is 10.9. The maximum Gasteiger partial charge on any atom is 0.263 e. The summed E-state index contributed by atoms with van der Waals surface area (Å²) in [5, 5.41) is 5.23. The Bertz CT molecular complexity index is 1310. The van der Waals surface area contributed by atoms with Gasteiger partial charge in [-0.25, -0.2) is 4.98 Å². The van der Waals surface area contributed by atoms with Crippen molar-refractivity contribution in [1.82, 2.24) is 20.0 Å². The van der Waals surface area contributed by atoms with Crippen LogP contribution >= 0.6 is 0 Å². The van der Waals surface area contributed by atoms with E-state index in [1.54, 1.807) is 0 Å². The van der Waals surface area contributed by atoms with E-state index in [4.69, 9.17) is 9.51 Å². The quantitative estimate of drug-likeness (QED) is 0.347. The van der Waals surface area contributed by atoms with Gasteiger partial charge in [0.05, 0.1) is 5.92 Å². The number of hydrogen-bond acceptors (Lipinski definition) is 6. The van der Waals surface area contributed by atoms with Crippen molar-refractivity contribution >= 4 is 22.8 Å². The van der Waals surface area contributed by atoms with Crippen molar-refractivity contribution in [3.63, 3.8) is 0 Å². The van der Waals surface area contributed by atoms with Crippen LogP contribution in [0.4, 0.5) is 5.82 Å². The lowest BCUT2D eigenvalue weighted by Crippen LogP contribution is -2.38. The van der Waals surface area contributed by atoms with Crippen LogP contribution in [0.15, 0.2) is 65.2 Å². The summed E-state index contributed by atoms with van der Waals surface area (Å²) < 4.78 is 5.72. The Kier molecular flexibility index (Phi) is 7.26. The van der Waals surface area contributed by atoms with Gasteiger partial charge >= 0.3 is 0 Å². The fourth-order valence-corrected chi connectivity index (χ4v) is 5.05. The predicted molar refractivity (Wildman–Crippen MR) is 142 cm³/mol. The molecule has 0 N–H and O–H groups in total. The molecule has 1 saturated heterocycles. The number of hydrogen-bond donors (Lipinski definition) is 0. The third kappa shape index (κ3) is 4.83. The van der Waals surface area contributed by atoms with Gasteiger partial charge in [-0.3, -0.25) is 4.79 Å². The molecule has 4 aromatic rings. The number of amides is 1. The Morgan fingerprint density at radius 2 is 1.69 bits per heavy atom. The Balaban J connectivity index is 1.45. The van der Waals surface area contributed by atoms with E-state index in [-0.39, 0.29) is 11.8 Å². The maximum atomic E-state index is 13.5. The number of benzene rings is 2. The van der Waals surface area contributed by atoms with Crippen molar-refractivity contribution in [3.8, 4) is 11.3 Å². The SMILES string of the molecule is CCCc1nc(N2CCCN(C(=O)[C@H](CC)c3ccccc3)CC2)c2c(-c3ccccc3)noc2n1. The molecule has 0 unspecified atom stereocenters. The van der Waals surface area contributed by atoms with Gasteiger partial charge in [0.25, 0.3) is 5.71 Å². The summed E-state index contributed by atoms with van der Waals surface area (Å²) in [4.78, 5) is 27.5. The highest BCUT2D eigenvalue weighted by atomic mass is 16.5. The van der Waals surface area contributed by atoms with E-state index in [2.05, 4.69) is 41.0 Å². The number of rotatable bonds is 7. The minimum atomic E-state index is -0.109. The Labute approximate surface area is 212 Å². The van der Waals surface area contributed by atoms with E-state index in [1.807, 2.05) is 53.4 Å². The normalized spacial score (nSPS) is 15.2. The zero-order valence-electron chi connectivity index (χ0n) is 21.1. The van der Waals surface area contributed by atoms with E-state index in [9.17, 15) is 4.79 Å². The van der Waals surface area contributed by atoms with Crippen molar-refractivity contribution in [2.24, 2.45) is 0 Å². The molecule has 1 amide bonds. The first-order valence-corrected chi connectivity index (χ1v) is 13.0. The van der Waals surface area contributed by atoms with Crippen LogP contribution in [0.2, 0.25) is 0 Å². The summed E-state index contributed by atoms with van der Waals surface area (Å²) in [7, 11) is 0. The molecule has 186 valence electrons. The standard InChI is InChI=1S/C29H33N5O2/c1-3-12-24-30-27(25-26(32-36-28(25)31-24)22-15-9-6-10-16-22)33-17-11-18-34(20-19-33)29(35)23(4-2)21-13-7-5-8-14-21/h5-10,13-16,23H,3-4,11-12,17-20H2,1-2H3/t23-/m1/s1. The summed E-state index contributed by atoms with van der Waals surface area (Å²) in [6, 6.07) is 20.1. The van der Waals surface area contributed by atoms with E-state index < -0.39 is 0 Å². The number of aryl methyl sites for hydroxylation is 1. The highest BCUT2D eigenvalue weighted by molar-refractivity contribution is 5.98. The molecule has 1 aliphatic heterocycles. The van der Waals surface area contributed by atoms with E-state index >= 15 is 0 Å². The number of nitrogens with zero attached hydrogens (tertiary/aromatic N) is 5. The summed E-state index contributed by atoms with van der Waals surface area (Å²) in [5.74, 6) is 1.72. The van der Waals surface area contributed by atoms with Crippen LogP contribution in [0, 0.1) is 0 Å². The van der Waals surface area contributed by atoms with Crippen molar-refractivity contribution < 1.29 is 9.32 Å². The number of carbonyl (C=O) groups is 1. The number of carbonyl (C=O) groups excluding carboxylic acids is 1. The molecule has 1 aliphatic rings. The molecule has 0 aliphatic carbocycles. The molecule has 36 heavy (non-hydrogen) atoms. The molecule has 0 saturated carbocycles. The van der Waals surface area contributed by atoms with E-state index in [0.717, 1.165) is 72.6 Å². The first-order valence-electron chi connectivity index (χ1n) is 13.0. The maximum absolute atomic E-state index is 13.5. The molecule has 3 heterocycles. The number of fused-ring (bicyclic) bond motifs is 1. The summed E-state index contributed by atoms with van der Waals surface area (Å²) in [6.45, 7) is 7.11. The van der Waals surface area contributed by atoms with Gasteiger partial charge in [-0.2, -0.15) is 4.98 Å². The molecule has 0 bridgehead atoms. The van der Waals surface area contributed by atoms with Crippen LogP contribution in [0.1, 0.15) is 50.4 Å². The molecule has 1 atom stereocenters. The van der Waals surface area contributed by atoms with Gasteiger partial charge in [0.15, 0.2) is 0 Å². The number of anilines is 1. The summed E-state index contributed by atoms with van der Waals surface area (Å²) in [6.07, 6.45) is 3.39. The molecular weight excluding hydrogens is 450 g/mol. The minimum Gasteiger partial charge on any atom is -0.354 e. The first kappa shape index (κ1) is 24.0. The van der Waals surface area contributed by atoms with Crippen LogP contribution in [0.25, 0.3) is 22.4 Å². The van der Waals surface area contributed by atoms with E-state index in [1.165, 1.54) is 0 Å². The van der Waals surface area contributed by atoms with Crippen LogP contribution in [0.3, 0.4) is 0 Å². The van der Waals surface area contributed by atoms with Gasteiger partial charge < -0.3 is 14.3 Å². The zero-order valence-corrected chi connectivity index (χ0v) is 21.1. The average molecular weight is 484 g/mol. The third-order valence-corrected chi connectivity index (χ3v) is 6.90. The third-order valence-electron chi connectivity index (χ3n) is 6.90. The average Bonchev–Trinajstić information content (AvgIpc) is 3.19. The van der Waals surface area contributed by atoms with Gasteiger partial charge in [0.2, 0.25) is 5.91 Å². The van der Waals surface area contributed by atoms with Crippen LogP contribution in [0.5, 0.6) is 0 Å². The van der Waals surface area contributed by atoms with Crippen molar-refractivity contribution in [2.45, 2.75) is 45.4 Å². The Hall–Kier alpha value is -3.74. The fourth-order valence-electron chi connectivity index (χ4n) is 5.05. The molecule has 2 aromatic heterocycles. The second-order valence-corrected chi connectivity index (χ2v) is 9.33. The molecule has 0 spiro atoms. The molecule has 7 nitrogen and oxygen atoms in total. The zero-order chi connectivity index (χ0) is 24.9. The highest BCUT2D eigenvalue weighted by Crippen LogP contribution is 2.34. The number of aromatic nitrogens is 3. The molecular formula is C29H33N5O2. The Morgan fingerprint density at radius 3 is 2.42 bits per heavy atom. The van der Waals surface area contributed by atoms with Crippen molar-refractivity contribution in [2.75, 3.05) is 31.1 Å². The molecule has 2 aromatic carbocycles. The topological polar surface area (TPSA) is 75.4 Å². The van der Waals surface area contributed by atoms with Crippen molar-refractivity contribution in [1.29, 1.82) is 0 Å². The van der Waals surface area contributed by atoms with Gasteiger partial charge in [0, 0.05) is 38.2 Å². The lowest BCUT2D eigenvalue weighted by Gasteiger charge is -2.26. The van der Waals surface area contributed by atoms with Gasteiger partial charge in [0.1, 0.15) is 22.7 Å². The van der Waals surface area contributed by atoms with Crippen LogP contribution in [-0.4, -0.2) is 52.1 Å². The van der Waals surface area contributed by atoms with Crippen LogP contribution < -0.4 is 4.90 Å². The molecule has 5 rings (SSSR count). The predicted octanol–water partition coefficient (Wildman–Crippen LogP) is 5.47. The highest BCUT2D eigenvalue weighted by Gasteiger charge is 2.28. The second-order valence-electron chi connectivity index (χ2n) is 9.33. The van der Waals surface area contributed by atoms with Gasteiger partial charge in [-0.1, -0.05) is 79.7 Å². The summed E-state index contributed by atoms with van der Waals surface area (Å²) >= 11 is 0.